The normalized spacial score (nSPS) is 60.5. The van der Waals surface area contributed by atoms with Crippen LogP contribution in [0.25, 0.3) is 0 Å². The average Bonchev–Trinajstić information content (AvgIpc) is 3.15. The van der Waals surface area contributed by atoms with Gasteiger partial charge in [0.1, 0.15) is 6.10 Å². The molecule has 7 bridgehead atoms. The summed E-state index contributed by atoms with van der Waals surface area (Å²) >= 11 is 0. The number of ether oxygens (including phenoxy) is 2. The van der Waals surface area contributed by atoms with Crippen molar-refractivity contribution in [3.63, 3.8) is 0 Å². The maximum absolute atomic E-state index is 12.4. The number of hydrogen-bond donors (Lipinski definition) is 2. The minimum absolute atomic E-state index is 0.0853. The Morgan fingerprint density at radius 3 is 2.70 bits per heavy atom. The standard InChI is InChI=1S/C24H37NO5/c1-5-25-11-22(3)7-6-18(27)24-14-8-13-16(29-4)10-23(28,15(21(24)25)9-17(22)24)19(14)20(13)30-12(2)26/h13-21,27-28H,5-11H2,1-4H3/t13?,14-,15?,16+,17-,18+,19-,20+,21?,22+,23+,24-/m1/s1. The van der Waals surface area contributed by atoms with Crippen molar-refractivity contribution in [1.82, 2.24) is 4.90 Å². The maximum atomic E-state index is 12.4. The Balaban J connectivity index is 1.57. The Bertz CT molecular complexity index is 775. The number of esters is 1. The molecule has 0 amide bonds. The van der Waals surface area contributed by atoms with E-state index in [1.807, 2.05) is 0 Å². The maximum Gasteiger partial charge on any atom is 0.302 e. The van der Waals surface area contributed by atoms with Crippen LogP contribution in [0.15, 0.2) is 0 Å². The molecule has 6 fully saturated rings. The molecule has 6 nitrogen and oxygen atoms in total. The van der Waals surface area contributed by atoms with E-state index in [2.05, 4.69) is 18.7 Å². The number of nitrogens with zero attached hydrogens (tertiary/aromatic N) is 1. The molecule has 0 radical (unpaired) electrons. The molecule has 168 valence electrons. The number of aliphatic hydroxyl groups is 2. The fourth-order valence-corrected chi connectivity index (χ4v) is 10.4. The first-order chi connectivity index (χ1) is 14.2. The second-order valence-corrected chi connectivity index (χ2v) is 11.7. The molecule has 1 spiro atoms. The Morgan fingerprint density at radius 2 is 2.03 bits per heavy atom. The van der Waals surface area contributed by atoms with Crippen molar-refractivity contribution >= 4 is 5.97 Å². The minimum atomic E-state index is -0.899. The molecule has 6 aliphatic rings. The lowest BCUT2D eigenvalue weighted by Crippen LogP contribution is -2.75. The van der Waals surface area contributed by atoms with Gasteiger partial charge in [-0.25, -0.2) is 0 Å². The smallest absolute Gasteiger partial charge is 0.302 e. The summed E-state index contributed by atoms with van der Waals surface area (Å²) in [6.45, 7) is 8.16. The predicted molar refractivity (Wildman–Crippen MR) is 109 cm³/mol. The number of fused-ring (bicyclic) bond motifs is 2. The van der Waals surface area contributed by atoms with Crippen molar-refractivity contribution < 1.29 is 24.5 Å². The van der Waals surface area contributed by atoms with Gasteiger partial charge in [-0.3, -0.25) is 9.69 Å². The Kier molecular flexibility index (Phi) is 3.99. The van der Waals surface area contributed by atoms with Crippen LogP contribution in [0.5, 0.6) is 0 Å². The van der Waals surface area contributed by atoms with Crippen molar-refractivity contribution in [2.45, 2.75) is 82.8 Å². The van der Waals surface area contributed by atoms with Crippen molar-refractivity contribution in [3.05, 3.63) is 0 Å². The fourth-order valence-electron chi connectivity index (χ4n) is 10.4. The number of rotatable bonds is 3. The van der Waals surface area contributed by atoms with E-state index in [0.29, 0.717) is 12.3 Å². The Hall–Kier alpha value is -0.690. The number of hydrogen-bond acceptors (Lipinski definition) is 6. The van der Waals surface area contributed by atoms with Crippen LogP contribution in [0.1, 0.15) is 52.9 Å². The van der Waals surface area contributed by atoms with Crippen LogP contribution in [0.3, 0.4) is 0 Å². The zero-order chi connectivity index (χ0) is 21.2. The Labute approximate surface area is 179 Å². The number of methoxy groups -OCH3 is 1. The first-order valence-electron chi connectivity index (χ1n) is 12.1. The van der Waals surface area contributed by atoms with Crippen LogP contribution in [0.2, 0.25) is 0 Å². The van der Waals surface area contributed by atoms with Crippen LogP contribution in [0, 0.1) is 40.4 Å². The number of likely N-dealkylation sites (tertiary alicyclic amines) is 1. The van der Waals surface area contributed by atoms with E-state index >= 15 is 0 Å². The predicted octanol–water partition coefficient (Wildman–Crippen LogP) is 1.82. The van der Waals surface area contributed by atoms with E-state index < -0.39 is 5.60 Å². The second kappa shape index (κ2) is 6.00. The van der Waals surface area contributed by atoms with Gasteiger partial charge in [-0.05, 0) is 49.5 Å². The minimum Gasteiger partial charge on any atom is -0.462 e. The molecule has 1 saturated heterocycles. The van der Waals surface area contributed by atoms with Crippen molar-refractivity contribution in [2.75, 3.05) is 20.2 Å². The number of carbonyl (C=O) groups excluding carboxylic acids is 1. The zero-order valence-electron chi connectivity index (χ0n) is 18.7. The lowest BCUT2D eigenvalue weighted by atomic mass is 9.43. The van der Waals surface area contributed by atoms with Gasteiger partial charge in [0.05, 0.1) is 17.8 Å². The van der Waals surface area contributed by atoms with Gasteiger partial charge in [0.25, 0.3) is 0 Å². The lowest BCUT2D eigenvalue weighted by molar-refractivity contribution is -0.268. The van der Waals surface area contributed by atoms with Crippen molar-refractivity contribution in [1.29, 1.82) is 0 Å². The molecule has 0 aromatic heterocycles. The summed E-state index contributed by atoms with van der Waals surface area (Å²) in [5, 5.41) is 24.1. The number of carbonyl (C=O) groups is 1. The number of aliphatic hydroxyl groups excluding tert-OH is 1. The largest absolute Gasteiger partial charge is 0.462 e. The molecule has 1 heterocycles. The summed E-state index contributed by atoms with van der Waals surface area (Å²) in [7, 11) is 1.72. The highest BCUT2D eigenvalue weighted by Crippen LogP contribution is 2.78. The zero-order valence-corrected chi connectivity index (χ0v) is 18.7. The van der Waals surface area contributed by atoms with Gasteiger partial charge in [-0.15, -0.1) is 0 Å². The van der Waals surface area contributed by atoms with E-state index in [0.717, 1.165) is 38.8 Å². The summed E-state index contributed by atoms with van der Waals surface area (Å²) in [6.07, 6.45) is 3.66. The van der Waals surface area contributed by atoms with Crippen LogP contribution in [0.4, 0.5) is 0 Å². The average molecular weight is 420 g/mol. The summed E-state index contributed by atoms with van der Waals surface area (Å²) in [4.78, 5) is 14.6. The van der Waals surface area contributed by atoms with Crippen molar-refractivity contribution in [2.24, 2.45) is 40.4 Å². The molecule has 12 atom stereocenters. The quantitative estimate of drug-likeness (QED) is 0.680. The van der Waals surface area contributed by atoms with Gasteiger partial charge >= 0.3 is 5.97 Å². The van der Waals surface area contributed by atoms with Gasteiger partial charge < -0.3 is 19.7 Å². The highest BCUT2D eigenvalue weighted by molar-refractivity contribution is 5.66. The third-order valence-corrected chi connectivity index (χ3v) is 11.0. The third-order valence-electron chi connectivity index (χ3n) is 11.0. The molecule has 30 heavy (non-hydrogen) atoms. The monoisotopic (exact) mass is 419 g/mol. The molecule has 0 aromatic rings. The van der Waals surface area contributed by atoms with E-state index in [9.17, 15) is 15.0 Å². The van der Waals surface area contributed by atoms with Crippen LogP contribution < -0.4 is 0 Å². The molecule has 5 saturated carbocycles. The van der Waals surface area contributed by atoms with E-state index in [-0.39, 0.29) is 64.8 Å². The highest BCUT2D eigenvalue weighted by atomic mass is 16.5. The third kappa shape index (κ3) is 2.00. The van der Waals surface area contributed by atoms with E-state index in [1.54, 1.807) is 7.11 Å². The van der Waals surface area contributed by atoms with Crippen molar-refractivity contribution in [3.8, 4) is 0 Å². The van der Waals surface area contributed by atoms with Gasteiger partial charge in [-0.2, -0.15) is 0 Å². The van der Waals surface area contributed by atoms with Gasteiger partial charge in [0.2, 0.25) is 0 Å². The summed E-state index contributed by atoms with van der Waals surface area (Å²) in [5.41, 5.74) is -0.909. The van der Waals surface area contributed by atoms with Crippen LogP contribution >= 0.6 is 0 Å². The molecule has 1 aliphatic heterocycles. The summed E-state index contributed by atoms with van der Waals surface area (Å²) < 4.78 is 11.8. The SMILES string of the molecule is CCN1C[C@]2(C)CC[C@H](O)[C@]34C1C(C[C@H]23)[C@@]1(O)C[C@H](OC)C2C[C@@H]4[C@@H]1[C@H]2OC(C)=O. The highest BCUT2D eigenvalue weighted by Gasteiger charge is 2.83. The Morgan fingerprint density at radius 1 is 1.27 bits per heavy atom. The molecule has 6 rings (SSSR count). The molecule has 3 unspecified atom stereocenters. The number of piperidine rings is 1. The van der Waals surface area contributed by atoms with Crippen LogP contribution in [-0.4, -0.2) is 71.2 Å². The van der Waals surface area contributed by atoms with Gasteiger partial charge in [0.15, 0.2) is 0 Å². The fraction of sp³-hybridized carbons (Fsp3) is 0.958. The topological polar surface area (TPSA) is 79.2 Å². The molecular formula is C24H37NO5. The molecule has 0 aromatic carbocycles. The molecule has 2 N–H and O–H groups in total. The molecule has 6 heteroatoms. The second-order valence-electron chi connectivity index (χ2n) is 11.7. The molecule has 5 aliphatic carbocycles. The summed E-state index contributed by atoms with van der Waals surface area (Å²) in [6, 6.07) is 0.217. The van der Waals surface area contributed by atoms with E-state index in [1.165, 1.54) is 6.92 Å². The van der Waals surface area contributed by atoms with Gasteiger partial charge in [-0.1, -0.05) is 13.8 Å². The first-order valence-corrected chi connectivity index (χ1v) is 12.1. The van der Waals surface area contributed by atoms with E-state index in [4.69, 9.17) is 9.47 Å². The van der Waals surface area contributed by atoms with Crippen LogP contribution in [-0.2, 0) is 14.3 Å². The lowest BCUT2D eigenvalue weighted by Gasteiger charge is -2.68. The molecular weight excluding hydrogens is 382 g/mol. The first kappa shape index (κ1) is 20.0. The summed E-state index contributed by atoms with van der Waals surface area (Å²) in [5.74, 6) is 0.466. The van der Waals surface area contributed by atoms with Gasteiger partial charge in [0, 0.05) is 56.2 Å².